The number of hydrogen-bond donors (Lipinski definition) is 1. The number of amides is 3. The summed E-state index contributed by atoms with van der Waals surface area (Å²) >= 11 is 0. The highest BCUT2D eigenvalue weighted by molar-refractivity contribution is 6.09. The van der Waals surface area contributed by atoms with E-state index in [1.165, 1.54) is 0 Å². The number of carbonyl (C=O) groups excluding carboxylic acids is 4. The van der Waals surface area contributed by atoms with E-state index in [4.69, 9.17) is 4.74 Å². The fraction of sp³-hybridized carbons (Fsp3) is 0.478. The molecule has 3 fully saturated rings. The molecule has 0 spiro atoms. The van der Waals surface area contributed by atoms with Gasteiger partial charge in [-0.2, -0.15) is 0 Å². The first-order valence-electron chi connectivity index (χ1n) is 10.5. The van der Waals surface area contributed by atoms with Crippen molar-refractivity contribution in [1.82, 2.24) is 4.90 Å². The Hall–Kier alpha value is -2.96. The van der Waals surface area contributed by atoms with E-state index in [2.05, 4.69) is 17.5 Å². The van der Waals surface area contributed by atoms with Crippen LogP contribution in [0.1, 0.15) is 30.6 Å². The fourth-order valence-corrected chi connectivity index (χ4v) is 5.49. The van der Waals surface area contributed by atoms with Crippen LogP contribution in [0.15, 0.2) is 36.4 Å². The number of anilines is 1. The number of likely N-dealkylation sites (tertiary alicyclic amines) is 1. The van der Waals surface area contributed by atoms with E-state index in [0.29, 0.717) is 23.1 Å². The second kappa shape index (κ2) is 6.79. The van der Waals surface area contributed by atoms with Gasteiger partial charge in [-0.15, -0.1) is 0 Å². The highest BCUT2D eigenvalue weighted by Crippen LogP contribution is 2.65. The summed E-state index contributed by atoms with van der Waals surface area (Å²) in [6.45, 7) is 3.26. The first-order valence-corrected chi connectivity index (χ1v) is 10.5. The average Bonchev–Trinajstić information content (AvgIpc) is 3.49. The molecule has 1 saturated heterocycles. The minimum atomic E-state index is -0.432. The molecule has 2 bridgehead atoms. The molecule has 0 radical (unpaired) electrons. The van der Waals surface area contributed by atoms with E-state index in [-0.39, 0.29) is 48.1 Å². The topological polar surface area (TPSA) is 92.8 Å². The molecule has 6 atom stereocenters. The second-order valence-corrected chi connectivity index (χ2v) is 9.00. The minimum Gasteiger partial charge on any atom is -0.459 e. The molecule has 1 aromatic carbocycles. The Balaban J connectivity index is 1.23. The summed E-state index contributed by atoms with van der Waals surface area (Å²) in [5.74, 6) is -0.516. The molecular weight excluding hydrogens is 384 g/mol. The Morgan fingerprint density at radius 1 is 1.03 bits per heavy atom. The highest BCUT2D eigenvalue weighted by Gasteiger charge is 2.67. The molecule has 1 aliphatic heterocycles. The number of nitrogens with one attached hydrogen (secondary N) is 1. The number of esters is 1. The van der Waals surface area contributed by atoms with Crippen LogP contribution in [0, 0.1) is 35.5 Å². The Bertz CT molecular complexity index is 930. The van der Waals surface area contributed by atoms with Crippen LogP contribution in [0.3, 0.4) is 0 Å². The zero-order valence-electron chi connectivity index (χ0n) is 16.9. The highest BCUT2D eigenvalue weighted by atomic mass is 16.5. The van der Waals surface area contributed by atoms with Crippen molar-refractivity contribution < 1.29 is 23.9 Å². The van der Waals surface area contributed by atoms with E-state index < -0.39 is 11.9 Å². The summed E-state index contributed by atoms with van der Waals surface area (Å²) in [4.78, 5) is 51.4. The van der Waals surface area contributed by atoms with Gasteiger partial charge in [-0.25, -0.2) is 4.79 Å². The zero-order valence-corrected chi connectivity index (χ0v) is 16.9. The molecule has 156 valence electrons. The normalized spacial score (nSPS) is 32.8. The van der Waals surface area contributed by atoms with Crippen LogP contribution in [-0.2, 0) is 19.1 Å². The quantitative estimate of drug-likeness (QED) is 0.458. The van der Waals surface area contributed by atoms with E-state index in [1.54, 1.807) is 38.1 Å². The molecule has 30 heavy (non-hydrogen) atoms. The molecule has 5 aliphatic rings. The van der Waals surface area contributed by atoms with Crippen LogP contribution >= 0.6 is 0 Å². The van der Waals surface area contributed by atoms with Gasteiger partial charge in [0.15, 0.2) is 0 Å². The van der Waals surface area contributed by atoms with Crippen molar-refractivity contribution in [3.8, 4) is 0 Å². The van der Waals surface area contributed by atoms with Gasteiger partial charge in [0.25, 0.3) is 0 Å². The van der Waals surface area contributed by atoms with Gasteiger partial charge in [-0.05, 0) is 68.2 Å². The summed E-state index contributed by atoms with van der Waals surface area (Å²) in [6, 6.07) is 6.33. The van der Waals surface area contributed by atoms with Gasteiger partial charge in [-0.1, -0.05) is 12.2 Å². The Morgan fingerprint density at radius 3 is 2.13 bits per heavy atom. The third-order valence-electron chi connectivity index (χ3n) is 6.80. The van der Waals surface area contributed by atoms with Gasteiger partial charge in [0.2, 0.25) is 17.7 Å². The molecule has 2 saturated carbocycles. The van der Waals surface area contributed by atoms with Crippen LogP contribution in [-0.4, -0.2) is 41.2 Å². The summed E-state index contributed by atoms with van der Waals surface area (Å²) in [5, 5.41) is 2.70. The lowest BCUT2D eigenvalue weighted by Crippen LogP contribution is -2.40. The number of hydrogen-bond acceptors (Lipinski definition) is 5. The molecule has 1 aromatic rings. The van der Waals surface area contributed by atoms with Crippen molar-refractivity contribution in [2.75, 3.05) is 11.9 Å². The molecule has 0 aromatic heterocycles. The summed E-state index contributed by atoms with van der Waals surface area (Å²) < 4.78 is 5.14. The van der Waals surface area contributed by atoms with Gasteiger partial charge in [0, 0.05) is 5.69 Å². The Labute approximate surface area is 174 Å². The first kappa shape index (κ1) is 19.0. The van der Waals surface area contributed by atoms with Crippen molar-refractivity contribution in [2.45, 2.75) is 26.4 Å². The molecule has 6 rings (SSSR count). The second-order valence-electron chi connectivity index (χ2n) is 9.00. The van der Waals surface area contributed by atoms with Crippen LogP contribution in [0.5, 0.6) is 0 Å². The molecule has 1 heterocycles. The largest absolute Gasteiger partial charge is 0.459 e. The molecular formula is C23H24N2O5. The standard InChI is InChI=1S/C23H24N2O5/c1-11(2)30-23(29)12-3-5-13(6-4-12)24-18(26)10-25-21(27)19-14-7-8-15(17-9-16(14)17)20(19)22(25)28/h3-8,11,14-17,19-20H,9-10H2,1-2H3,(H,24,26)/t14-,15-,16-,17+,19-,20+/m0/s1. The van der Waals surface area contributed by atoms with E-state index in [1.807, 2.05) is 0 Å². The van der Waals surface area contributed by atoms with Gasteiger partial charge in [0.1, 0.15) is 6.54 Å². The summed E-state index contributed by atoms with van der Waals surface area (Å²) in [7, 11) is 0. The van der Waals surface area contributed by atoms with Gasteiger partial charge < -0.3 is 10.1 Å². The van der Waals surface area contributed by atoms with Crippen LogP contribution < -0.4 is 5.32 Å². The number of carbonyl (C=O) groups is 4. The van der Waals surface area contributed by atoms with Crippen molar-refractivity contribution in [3.05, 3.63) is 42.0 Å². The Kier molecular flexibility index (Phi) is 4.31. The third kappa shape index (κ3) is 2.95. The predicted molar refractivity (Wildman–Crippen MR) is 107 cm³/mol. The van der Waals surface area contributed by atoms with Gasteiger partial charge in [-0.3, -0.25) is 19.3 Å². The minimum absolute atomic E-state index is 0.146. The number of allylic oxidation sites excluding steroid dienone is 2. The lowest BCUT2D eigenvalue weighted by Gasteiger charge is -2.37. The summed E-state index contributed by atoms with van der Waals surface area (Å²) in [5.41, 5.74) is 0.873. The molecule has 7 heteroatoms. The van der Waals surface area contributed by atoms with Crippen molar-refractivity contribution in [1.29, 1.82) is 0 Å². The average molecular weight is 408 g/mol. The first-order chi connectivity index (χ1) is 14.3. The van der Waals surface area contributed by atoms with Crippen LogP contribution in [0.25, 0.3) is 0 Å². The lowest BCUT2D eigenvalue weighted by atomic mass is 9.63. The number of nitrogens with zero attached hydrogens (tertiary/aromatic N) is 1. The number of rotatable bonds is 5. The monoisotopic (exact) mass is 408 g/mol. The lowest BCUT2D eigenvalue weighted by molar-refractivity contribution is -0.142. The maximum absolute atomic E-state index is 12.9. The van der Waals surface area contributed by atoms with Crippen molar-refractivity contribution >= 4 is 29.4 Å². The predicted octanol–water partition coefficient (Wildman–Crippen LogP) is 2.24. The third-order valence-corrected chi connectivity index (χ3v) is 6.80. The van der Waals surface area contributed by atoms with E-state index >= 15 is 0 Å². The van der Waals surface area contributed by atoms with Crippen LogP contribution in [0.4, 0.5) is 5.69 Å². The molecule has 7 nitrogen and oxygen atoms in total. The number of imide groups is 1. The maximum atomic E-state index is 12.9. The fourth-order valence-electron chi connectivity index (χ4n) is 5.49. The molecule has 0 unspecified atom stereocenters. The van der Waals surface area contributed by atoms with E-state index in [9.17, 15) is 19.2 Å². The SMILES string of the molecule is CC(C)OC(=O)c1ccc(NC(=O)CN2C(=O)[C@@H]3[C@H]4C=C[C@@H]([C@@H]5C[C@H]45)[C@@H]3C2=O)cc1. The van der Waals surface area contributed by atoms with Crippen molar-refractivity contribution in [2.24, 2.45) is 35.5 Å². The van der Waals surface area contributed by atoms with Gasteiger partial charge in [0.05, 0.1) is 23.5 Å². The smallest absolute Gasteiger partial charge is 0.338 e. The summed E-state index contributed by atoms with van der Waals surface area (Å²) in [6.07, 6.45) is 5.12. The van der Waals surface area contributed by atoms with Crippen LogP contribution in [0.2, 0.25) is 0 Å². The molecule has 1 N–H and O–H groups in total. The Morgan fingerprint density at radius 2 is 1.60 bits per heavy atom. The molecule has 4 aliphatic carbocycles. The zero-order chi connectivity index (χ0) is 21.2. The number of benzene rings is 1. The van der Waals surface area contributed by atoms with Crippen molar-refractivity contribution in [3.63, 3.8) is 0 Å². The molecule has 3 amide bonds. The number of ether oxygens (including phenoxy) is 1. The van der Waals surface area contributed by atoms with E-state index in [0.717, 1.165) is 11.3 Å². The maximum Gasteiger partial charge on any atom is 0.338 e. The van der Waals surface area contributed by atoms with Gasteiger partial charge >= 0.3 is 5.97 Å².